The van der Waals surface area contributed by atoms with E-state index in [0.29, 0.717) is 27.6 Å². The van der Waals surface area contributed by atoms with Gasteiger partial charge in [-0.3, -0.25) is 13.9 Å². The molecule has 2 heterocycles. The van der Waals surface area contributed by atoms with E-state index < -0.39 is 5.69 Å². The van der Waals surface area contributed by atoms with Crippen molar-refractivity contribution < 1.29 is 0 Å². The van der Waals surface area contributed by atoms with Gasteiger partial charge in [0.05, 0.1) is 0 Å². The van der Waals surface area contributed by atoms with Gasteiger partial charge in [-0.1, -0.05) is 48.5 Å². The Morgan fingerprint density at radius 1 is 0.867 bits per heavy atom. The third kappa shape index (κ3) is 3.45. The molecule has 0 aliphatic heterocycles. The summed E-state index contributed by atoms with van der Waals surface area (Å²) in [4.78, 5) is 34.9. The van der Waals surface area contributed by atoms with E-state index in [-0.39, 0.29) is 5.56 Å². The summed E-state index contributed by atoms with van der Waals surface area (Å²) in [5, 5.41) is 0.952. The van der Waals surface area contributed by atoms with Gasteiger partial charge in [-0.25, -0.2) is 14.8 Å². The minimum absolute atomic E-state index is 0.351. The molecule has 0 unspecified atom stereocenters. The molecule has 2 aromatic carbocycles. The van der Waals surface area contributed by atoms with E-state index >= 15 is 0 Å². The molecule has 4 rings (SSSR count). The van der Waals surface area contributed by atoms with Crippen molar-refractivity contribution >= 4 is 22.8 Å². The van der Waals surface area contributed by atoms with Gasteiger partial charge in [0.15, 0.2) is 11.5 Å². The molecule has 0 radical (unpaired) electrons. The molecule has 152 valence electrons. The van der Waals surface area contributed by atoms with Gasteiger partial charge in [0.2, 0.25) is 0 Å². The van der Waals surface area contributed by atoms with Crippen LogP contribution in [0.1, 0.15) is 16.7 Å². The number of aromatic nitrogens is 4. The van der Waals surface area contributed by atoms with Crippen LogP contribution in [0.2, 0.25) is 0 Å². The van der Waals surface area contributed by atoms with E-state index in [2.05, 4.69) is 24.0 Å². The van der Waals surface area contributed by atoms with Crippen LogP contribution in [0, 0.1) is 13.8 Å². The number of thioether (sulfide) groups is 1. The van der Waals surface area contributed by atoms with E-state index in [0.717, 1.165) is 15.7 Å². The molecule has 30 heavy (non-hydrogen) atoms. The number of benzene rings is 2. The minimum Gasteiger partial charge on any atom is -0.280 e. The molecule has 0 aliphatic rings. The maximum atomic E-state index is 13.0. The lowest BCUT2D eigenvalue weighted by molar-refractivity contribution is 0.703. The highest BCUT2D eigenvalue weighted by atomic mass is 32.2. The Balaban J connectivity index is 1.96. The second-order valence-corrected chi connectivity index (χ2v) is 8.25. The highest BCUT2D eigenvalue weighted by Gasteiger charge is 2.19. The molecule has 0 bridgehead atoms. The molecule has 6 nitrogen and oxygen atoms in total. The zero-order valence-electron chi connectivity index (χ0n) is 17.3. The Labute approximate surface area is 178 Å². The topological polar surface area (TPSA) is 69.8 Å². The lowest BCUT2D eigenvalue weighted by Gasteiger charge is -2.13. The predicted molar refractivity (Wildman–Crippen MR) is 121 cm³/mol. The Bertz CT molecular complexity index is 1390. The largest absolute Gasteiger partial charge is 0.332 e. The fraction of sp³-hybridized carbons (Fsp3) is 0.217. The zero-order valence-corrected chi connectivity index (χ0v) is 18.2. The van der Waals surface area contributed by atoms with Crippen molar-refractivity contribution in [1.29, 1.82) is 0 Å². The van der Waals surface area contributed by atoms with E-state index in [1.54, 1.807) is 7.05 Å². The molecule has 0 saturated heterocycles. The lowest BCUT2D eigenvalue weighted by Crippen LogP contribution is -2.37. The average molecular weight is 419 g/mol. The molecule has 0 aliphatic carbocycles. The molecule has 0 saturated carbocycles. The second-order valence-electron chi connectivity index (χ2n) is 7.29. The molecule has 0 fully saturated rings. The predicted octanol–water partition coefficient (Wildman–Crippen LogP) is 3.60. The molecular formula is C23H22N4O2S. The summed E-state index contributed by atoms with van der Waals surface area (Å²) in [5.74, 6) is 1.17. The Morgan fingerprint density at radius 2 is 1.53 bits per heavy atom. The fourth-order valence-corrected chi connectivity index (χ4v) is 4.49. The number of fused-ring (bicyclic) bond motifs is 1. The number of nitrogens with zero attached hydrogens (tertiary/aromatic N) is 4. The molecular weight excluding hydrogens is 396 g/mol. The summed E-state index contributed by atoms with van der Waals surface area (Å²) in [7, 11) is 3.11. The average Bonchev–Trinajstić information content (AvgIpc) is 2.75. The molecule has 0 atom stereocenters. The quantitative estimate of drug-likeness (QED) is 0.374. The van der Waals surface area contributed by atoms with Crippen molar-refractivity contribution in [3.8, 4) is 11.4 Å². The number of aryl methyl sites for hydroxylation is 3. The molecule has 7 heteroatoms. The van der Waals surface area contributed by atoms with Gasteiger partial charge < -0.3 is 0 Å². The van der Waals surface area contributed by atoms with Crippen molar-refractivity contribution in [2.24, 2.45) is 14.1 Å². The van der Waals surface area contributed by atoms with Gasteiger partial charge in [0.1, 0.15) is 10.4 Å². The molecule has 2 aromatic heterocycles. The Morgan fingerprint density at radius 3 is 2.23 bits per heavy atom. The fourth-order valence-electron chi connectivity index (χ4n) is 3.40. The second kappa shape index (κ2) is 7.91. The minimum atomic E-state index is -0.406. The summed E-state index contributed by atoms with van der Waals surface area (Å²) < 4.78 is 2.52. The molecule has 0 N–H and O–H groups in total. The van der Waals surface area contributed by atoms with Crippen LogP contribution >= 0.6 is 11.8 Å². The van der Waals surface area contributed by atoms with Crippen LogP contribution in [0.4, 0.5) is 0 Å². The van der Waals surface area contributed by atoms with Crippen LogP contribution in [-0.2, 0) is 19.8 Å². The van der Waals surface area contributed by atoms with E-state index in [1.807, 2.05) is 43.3 Å². The third-order valence-corrected chi connectivity index (χ3v) is 6.30. The molecule has 0 amide bonds. The van der Waals surface area contributed by atoms with Crippen LogP contribution in [0.3, 0.4) is 0 Å². The van der Waals surface area contributed by atoms with Crippen LogP contribution in [0.15, 0.2) is 63.1 Å². The van der Waals surface area contributed by atoms with Gasteiger partial charge in [0, 0.05) is 25.4 Å². The SMILES string of the molecule is Cc1ccccc1CSc1nc(-c2ccccc2C)nc2c1c(=O)n(C)c(=O)n2C. The van der Waals surface area contributed by atoms with Gasteiger partial charge in [-0.05, 0) is 30.5 Å². The van der Waals surface area contributed by atoms with Crippen LogP contribution < -0.4 is 11.2 Å². The number of hydrogen-bond donors (Lipinski definition) is 0. The van der Waals surface area contributed by atoms with Crippen molar-refractivity contribution in [3.63, 3.8) is 0 Å². The highest BCUT2D eigenvalue weighted by molar-refractivity contribution is 7.98. The van der Waals surface area contributed by atoms with E-state index in [9.17, 15) is 9.59 Å². The summed E-state index contributed by atoms with van der Waals surface area (Å²) >= 11 is 1.49. The Hall–Kier alpha value is -3.19. The smallest absolute Gasteiger partial charge is 0.280 e. The van der Waals surface area contributed by atoms with Crippen LogP contribution in [0.5, 0.6) is 0 Å². The van der Waals surface area contributed by atoms with Gasteiger partial charge in [0.25, 0.3) is 5.56 Å². The standard InChI is InChI=1S/C23H22N4O2S/c1-14-9-5-7-11-16(14)13-30-21-18-20(26(3)23(29)27(4)22(18)28)24-19(25-21)17-12-8-6-10-15(17)2/h5-12H,13H2,1-4H3. The third-order valence-electron chi connectivity index (χ3n) is 5.28. The first-order valence-corrected chi connectivity index (χ1v) is 10.6. The first-order chi connectivity index (χ1) is 14.4. The Kier molecular flexibility index (Phi) is 5.30. The number of hydrogen-bond acceptors (Lipinski definition) is 5. The van der Waals surface area contributed by atoms with Crippen LogP contribution in [-0.4, -0.2) is 19.1 Å². The maximum Gasteiger partial charge on any atom is 0.332 e. The molecule has 4 aromatic rings. The normalized spacial score (nSPS) is 11.2. The van der Waals surface area contributed by atoms with Gasteiger partial charge in [-0.15, -0.1) is 11.8 Å². The summed E-state index contributed by atoms with van der Waals surface area (Å²) in [5.41, 5.74) is 3.83. The van der Waals surface area contributed by atoms with E-state index in [1.165, 1.54) is 34.5 Å². The zero-order chi connectivity index (χ0) is 21.4. The lowest BCUT2D eigenvalue weighted by atomic mass is 10.1. The van der Waals surface area contributed by atoms with Gasteiger partial charge in [-0.2, -0.15) is 0 Å². The number of rotatable bonds is 4. The van der Waals surface area contributed by atoms with Crippen LogP contribution in [0.25, 0.3) is 22.4 Å². The highest BCUT2D eigenvalue weighted by Crippen LogP contribution is 2.30. The maximum absolute atomic E-state index is 13.0. The molecule has 0 spiro atoms. The summed E-state index contributed by atoms with van der Waals surface area (Å²) in [6.45, 7) is 4.06. The summed E-state index contributed by atoms with van der Waals surface area (Å²) in [6.07, 6.45) is 0. The van der Waals surface area contributed by atoms with Crippen molar-refractivity contribution in [2.75, 3.05) is 0 Å². The van der Waals surface area contributed by atoms with Crippen molar-refractivity contribution in [1.82, 2.24) is 19.1 Å². The first-order valence-electron chi connectivity index (χ1n) is 9.59. The monoisotopic (exact) mass is 418 g/mol. The summed E-state index contributed by atoms with van der Waals surface area (Å²) in [6, 6.07) is 16.0. The van der Waals surface area contributed by atoms with E-state index in [4.69, 9.17) is 4.98 Å². The first kappa shape index (κ1) is 20.1. The van der Waals surface area contributed by atoms with Crippen molar-refractivity contribution in [3.05, 3.63) is 86.1 Å². The van der Waals surface area contributed by atoms with Gasteiger partial charge >= 0.3 is 5.69 Å². The van der Waals surface area contributed by atoms with Crippen molar-refractivity contribution in [2.45, 2.75) is 24.6 Å².